The van der Waals surface area contributed by atoms with E-state index in [1.54, 1.807) is 0 Å². The van der Waals surface area contributed by atoms with Gasteiger partial charge in [0.25, 0.3) is 0 Å². The number of nitrogens with zero attached hydrogens (tertiary/aromatic N) is 3. The second-order valence-corrected chi connectivity index (χ2v) is 26.6. The molecule has 3 heterocycles. The Morgan fingerprint density at radius 2 is 0.829 bits per heavy atom. The normalized spacial score (nSPS) is 14.4. The van der Waals surface area contributed by atoms with Crippen molar-refractivity contribution in [2.75, 3.05) is 9.80 Å². The first-order valence-electron chi connectivity index (χ1n) is 29.2. The van der Waals surface area contributed by atoms with Crippen LogP contribution in [0.2, 0.25) is 0 Å². The number of fused-ring (bicyclic) bond motifs is 16. The van der Waals surface area contributed by atoms with Crippen LogP contribution in [0.3, 0.4) is 0 Å². The third-order valence-corrected chi connectivity index (χ3v) is 19.0. The Labute approximate surface area is 479 Å². The first-order chi connectivity index (χ1) is 39.4. The van der Waals surface area contributed by atoms with Crippen molar-refractivity contribution in [3.63, 3.8) is 0 Å². The number of aromatic nitrogens is 1. The van der Waals surface area contributed by atoms with E-state index in [0.717, 1.165) is 61.4 Å². The third kappa shape index (κ3) is 6.91. The summed E-state index contributed by atoms with van der Waals surface area (Å²) in [6, 6.07) is 80.4. The van der Waals surface area contributed by atoms with E-state index in [4.69, 9.17) is 4.42 Å². The molecule has 0 aliphatic heterocycles. The van der Waals surface area contributed by atoms with Crippen LogP contribution < -0.4 is 9.80 Å². The molecule has 0 spiro atoms. The number of anilines is 6. The molecule has 2 aliphatic rings. The molecular weight excluding hydrogens is 995 g/mol. The van der Waals surface area contributed by atoms with E-state index in [1.165, 1.54) is 99.1 Å². The van der Waals surface area contributed by atoms with E-state index >= 15 is 0 Å². The van der Waals surface area contributed by atoms with Gasteiger partial charge < -0.3 is 18.6 Å². The van der Waals surface area contributed by atoms with Crippen LogP contribution in [0.15, 0.2) is 217 Å². The summed E-state index contributed by atoms with van der Waals surface area (Å²) in [5, 5.41) is 9.51. The van der Waals surface area contributed by atoms with Crippen molar-refractivity contribution in [2.45, 2.75) is 90.9 Å². The Bertz CT molecular complexity index is 4990. The van der Waals surface area contributed by atoms with Crippen molar-refractivity contribution in [1.29, 1.82) is 0 Å². The van der Waals surface area contributed by atoms with Gasteiger partial charge in [0, 0.05) is 77.7 Å². The Hall–Kier alpha value is -9.12. The highest BCUT2D eigenvalue weighted by molar-refractivity contribution is 6.29. The number of hydrogen-bond acceptors (Lipinski definition) is 3. The third-order valence-electron chi connectivity index (χ3n) is 19.0. The van der Waals surface area contributed by atoms with Gasteiger partial charge in [0.15, 0.2) is 0 Å². The number of hydrogen-bond donors (Lipinski definition) is 0. The predicted molar refractivity (Wildman–Crippen MR) is 348 cm³/mol. The van der Waals surface area contributed by atoms with Crippen LogP contribution in [0.1, 0.15) is 103 Å². The van der Waals surface area contributed by atoms with Gasteiger partial charge in [-0.25, -0.2) is 0 Å². The Kier molecular flexibility index (Phi) is 9.95. The maximum atomic E-state index is 6.99. The van der Waals surface area contributed by atoms with Gasteiger partial charge in [-0.3, -0.25) is 0 Å². The largest absolute Gasteiger partial charge is 0.456 e. The molecule has 16 rings (SSSR count). The molecule has 0 unspecified atom stereocenters. The second-order valence-electron chi connectivity index (χ2n) is 26.6. The summed E-state index contributed by atoms with van der Waals surface area (Å²) in [5.41, 5.74) is 25.3. The molecule has 0 saturated carbocycles. The molecule has 0 amide bonds. The van der Waals surface area contributed by atoms with Crippen LogP contribution in [-0.2, 0) is 21.7 Å². The number of rotatable bonds is 6. The van der Waals surface area contributed by atoms with E-state index in [-0.39, 0.29) is 21.7 Å². The fourth-order valence-corrected chi connectivity index (χ4v) is 14.6. The van der Waals surface area contributed by atoms with Crippen LogP contribution in [-0.4, -0.2) is 4.40 Å². The van der Waals surface area contributed by atoms with Crippen molar-refractivity contribution >= 4 is 105 Å². The maximum Gasteiger partial charge on any atom is 0.137 e. The Balaban J connectivity index is 0.851. The Morgan fingerprint density at radius 1 is 0.354 bits per heavy atom. The lowest BCUT2D eigenvalue weighted by molar-refractivity contribution is 0.590. The highest BCUT2D eigenvalue weighted by atomic mass is 16.3. The van der Waals surface area contributed by atoms with Crippen LogP contribution in [0.5, 0.6) is 0 Å². The molecule has 3 aromatic heterocycles. The molecule has 0 N–H and O–H groups in total. The van der Waals surface area contributed by atoms with Gasteiger partial charge in [-0.1, -0.05) is 178 Å². The average molecular weight is 1060 g/mol. The summed E-state index contributed by atoms with van der Waals surface area (Å²) in [5.74, 6) is 0. The van der Waals surface area contributed by atoms with E-state index in [9.17, 15) is 0 Å². The minimum atomic E-state index is -0.142. The fourth-order valence-electron chi connectivity index (χ4n) is 14.6. The minimum absolute atomic E-state index is 0.0275. The topological polar surface area (TPSA) is 24.0 Å². The monoisotopic (exact) mass is 1060 g/mol. The van der Waals surface area contributed by atoms with Crippen LogP contribution in [0.25, 0.3) is 93.1 Å². The lowest BCUT2D eigenvalue weighted by Gasteiger charge is -2.29. The highest BCUT2D eigenvalue weighted by Gasteiger charge is 2.38. The lowest BCUT2D eigenvalue weighted by atomic mass is 9.82. The number of furan rings is 1. The zero-order valence-electron chi connectivity index (χ0n) is 48.5. The van der Waals surface area contributed by atoms with Crippen molar-refractivity contribution in [1.82, 2.24) is 4.40 Å². The minimum Gasteiger partial charge on any atom is -0.456 e. The summed E-state index contributed by atoms with van der Waals surface area (Å²) in [6.07, 6.45) is 0. The Morgan fingerprint density at radius 3 is 1.45 bits per heavy atom. The van der Waals surface area contributed by atoms with E-state index in [2.05, 4.69) is 296 Å². The van der Waals surface area contributed by atoms with E-state index in [0.29, 0.717) is 0 Å². The standard InChI is InChI=1S/C78H65N3O/c1-75(2,3)48-23-27-50(28-24-48)79(52-31-34-57-55-17-11-14-20-64(55)77(7,8)66(57)43-52)54-33-36-59-63-40-46-41-70-62(39-47(46)42-71(63)82-72(59)45-54)60-37-38-69(73-61-19-13-16-22-68(61)81(70)74(60)73)80(51-29-25-49(26-30-51)76(4,5)6)53-32-35-58-56-18-12-15-21-65(56)78(9,10)67(58)44-53/h11-45H,1-10H3. The highest BCUT2D eigenvalue weighted by Crippen LogP contribution is 2.54. The molecule has 11 aromatic carbocycles. The van der Waals surface area contributed by atoms with Crippen LogP contribution in [0.4, 0.5) is 34.1 Å². The summed E-state index contributed by atoms with van der Waals surface area (Å²) in [6.45, 7) is 23.2. The van der Waals surface area contributed by atoms with Gasteiger partial charge in [-0.2, -0.15) is 0 Å². The van der Waals surface area contributed by atoms with Gasteiger partial charge >= 0.3 is 0 Å². The molecule has 0 radical (unpaired) electrons. The van der Waals surface area contributed by atoms with Crippen molar-refractivity contribution in [3.8, 4) is 22.3 Å². The first kappa shape index (κ1) is 48.8. The van der Waals surface area contributed by atoms with Gasteiger partial charge in [0.05, 0.1) is 22.2 Å². The summed E-state index contributed by atoms with van der Waals surface area (Å²) < 4.78 is 9.53. The van der Waals surface area contributed by atoms with Gasteiger partial charge in [0.1, 0.15) is 11.2 Å². The average Bonchev–Trinajstić information content (AvgIpc) is 1.86. The molecule has 14 aromatic rings. The summed E-state index contributed by atoms with van der Waals surface area (Å²) in [7, 11) is 0. The van der Waals surface area contributed by atoms with E-state index in [1.807, 2.05) is 0 Å². The summed E-state index contributed by atoms with van der Waals surface area (Å²) in [4.78, 5) is 4.91. The van der Waals surface area contributed by atoms with Crippen molar-refractivity contribution in [2.24, 2.45) is 0 Å². The quantitative estimate of drug-likeness (QED) is 0.166. The van der Waals surface area contributed by atoms with Gasteiger partial charge in [-0.05, 0) is 174 Å². The molecule has 4 heteroatoms. The first-order valence-corrected chi connectivity index (χ1v) is 29.2. The number of benzene rings is 11. The van der Waals surface area contributed by atoms with Gasteiger partial charge in [-0.15, -0.1) is 0 Å². The zero-order valence-corrected chi connectivity index (χ0v) is 48.5. The lowest BCUT2D eigenvalue weighted by Crippen LogP contribution is -2.17. The maximum absolute atomic E-state index is 6.99. The van der Waals surface area contributed by atoms with Crippen molar-refractivity contribution < 1.29 is 4.42 Å². The smallest absolute Gasteiger partial charge is 0.137 e. The van der Waals surface area contributed by atoms with Crippen LogP contribution in [0, 0.1) is 0 Å². The molecule has 0 fully saturated rings. The van der Waals surface area contributed by atoms with Crippen molar-refractivity contribution in [3.05, 3.63) is 246 Å². The van der Waals surface area contributed by atoms with E-state index < -0.39 is 0 Å². The van der Waals surface area contributed by atoms with Gasteiger partial charge in [0.2, 0.25) is 0 Å². The molecule has 4 nitrogen and oxygen atoms in total. The molecule has 398 valence electrons. The molecule has 0 atom stereocenters. The SMILES string of the molecule is CC(C)(C)c1ccc(N(c2ccc3c(c2)C(C)(C)c2ccccc2-3)c2ccc3c(c2)oc2cc4cc5c6ccc(N(c7ccc(C(C)(C)C)cc7)c7ccc8c(c7)C(C)(C)c7ccccc7-8)c7c8ccccc8n(c5cc4cc23)c67)cc1. The molecule has 82 heavy (non-hydrogen) atoms. The predicted octanol–water partition coefficient (Wildman–Crippen LogP) is 22.0. The summed E-state index contributed by atoms with van der Waals surface area (Å²) >= 11 is 0. The molecule has 2 aliphatic carbocycles. The van der Waals surface area contributed by atoms with Crippen LogP contribution >= 0.6 is 0 Å². The zero-order chi connectivity index (χ0) is 55.9. The molecular formula is C78H65N3O. The molecule has 0 bridgehead atoms. The number of para-hydroxylation sites is 1. The molecule has 0 saturated heterocycles. The fraction of sp³-hybridized carbons (Fsp3) is 0.179. The second kappa shape index (κ2) is 16.7.